The fourth-order valence-corrected chi connectivity index (χ4v) is 1.79. The molecule has 1 aromatic rings. The van der Waals surface area contributed by atoms with Gasteiger partial charge in [-0.1, -0.05) is 29.8 Å². The van der Waals surface area contributed by atoms with Gasteiger partial charge in [0, 0.05) is 30.0 Å². The molecule has 0 saturated carbocycles. The van der Waals surface area contributed by atoms with Crippen molar-refractivity contribution >= 4 is 23.2 Å². The molecule has 0 saturated heterocycles. The zero-order valence-electron chi connectivity index (χ0n) is 11.6. The van der Waals surface area contributed by atoms with E-state index in [0.29, 0.717) is 23.8 Å². The number of benzene rings is 1. The van der Waals surface area contributed by atoms with Crippen molar-refractivity contribution in [3.8, 4) is 6.07 Å². The first-order valence-electron chi connectivity index (χ1n) is 6.25. The number of nitrogens with one attached hydrogen (secondary N) is 1. The van der Waals surface area contributed by atoms with Crippen molar-refractivity contribution in [3.05, 3.63) is 66.4 Å². The Kier molecular flexibility index (Phi) is 6.79. The molecule has 21 heavy (non-hydrogen) atoms. The maximum absolute atomic E-state index is 12.2. The number of anilines is 1. The van der Waals surface area contributed by atoms with Crippen molar-refractivity contribution < 1.29 is 4.79 Å². The summed E-state index contributed by atoms with van der Waals surface area (Å²) >= 11 is 5.87. The minimum absolute atomic E-state index is 0.00123. The molecule has 0 aliphatic heterocycles. The minimum atomic E-state index is -0.383. The molecule has 4 nitrogen and oxygen atoms in total. The van der Waals surface area contributed by atoms with Crippen LogP contribution in [0.25, 0.3) is 0 Å². The standard InChI is InChI=1S/C16H16ClN3O/c1-3-8-20(9-4-2)16(21)13(11-18)12-19-15-7-5-6-14(17)10-15/h3-7,10,12,19H,1-2,8-9H2/b13-12-. The maximum atomic E-state index is 12.2. The van der Waals surface area contributed by atoms with Crippen LogP contribution in [0.5, 0.6) is 0 Å². The average Bonchev–Trinajstić information content (AvgIpc) is 2.47. The summed E-state index contributed by atoms with van der Waals surface area (Å²) in [6.45, 7) is 7.88. The zero-order valence-corrected chi connectivity index (χ0v) is 12.3. The molecule has 0 unspecified atom stereocenters. The van der Waals surface area contributed by atoms with Gasteiger partial charge in [0.15, 0.2) is 0 Å². The van der Waals surface area contributed by atoms with Crippen molar-refractivity contribution in [1.82, 2.24) is 4.90 Å². The van der Waals surface area contributed by atoms with E-state index in [4.69, 9.17) is 16.9 Å². The second-order valence-corrected chi connectivity index (χ2v) is 4.55. The third-order valence-corrected chi connectivity index (χ3v) is 2.78. The number of hydrogen-bond donors (Lipinski definition) is 1. The predicted molar refractivity (Wildman–Crippen MR) is 85.7 cm³/mol. The summed E-state index contributed by atoms with van der Waals surface area (Å²) in [6, 6.07) is 8.88. The Balaban J connectivity index is 2.87. The van der Waals surface area contributed by atoms with Gasteiger partial charge in [-0.25, -0.2) is 0 Å². The van der Waals surface area contributed by atoms with Gasteiger partial charge in [-0.15, -0.1) is 13.2 Å². The smallest absolute Gasteiger partial charge is 0.266 e. The summed E-state index contributed by atoms with van der Waals surface area (Å²) in [7, 11) is 0. The molecular formula is C16H16ClN3O. The lowest BCUT2D eigenvalue weighted by Gasteiger charge is -2.18. The fraction of sp³-hybridized carbons (Fsp3) is 0.125. The molecule has 0 heterocycles. The molecule has 1 N–H and O–H groups in total. The van der Waals surface area contributed by atoms with E-state index < -0.39 is 0 Å². The molecular weight excluding hydrogens is 286 g/mol. The topological polar surface area (TPSA) is 56.1 Å². The van der Waals surface area contributed by atoms with Crippen LogP contribution in [0.4, 0.5) is 5.69 Å². The first-order chi connectivity index (χ1) is 10.1. The molecule has 0 aromatic heterocycles. The highest BCUT2D eigenvalue weighted by atomic mass is 35.5. The van der Waals surface area contributed by atoms with Gasteiger partial charge in [0.25, 0.3) is 5.91 Å². The number of amides is 1. The third-order valence-electron chi connectivity index (χ3n) is 2.54. The van der Waals surface area contributed by atoms with E-state index in [1.165, 1.54) is 11.1 Å². The van der Waals surface area contributed by atoms with Crippen molar-refractivity contribution in [1.29, 1.82) is 5.26 Å². The Bertz CT molecular complexity index is 592. The Hall–Kier alpha value is -2.51. The number of carbonyl (C=O) groups excluding carboxylic acids is 1. The first kappa shape index (κ1) is 16.5. The lowest BCUT2D eigenvalue weighted by atomic mass is 10.2. The SMILES string of the molecule is C=CCN(CC=C)C(=O)/C(C#N)=C\Nc1cccc(Cl)c1. The number of carbonyl (C=O) groups is 1. The molecule has 0 radical (unpaired) electrons. The van der Waals surface area contributed by atoms with Crippen molar-refractivity contribution in [2.24, 2.45) is 0 Å². The Morgan fingerprint density at radius 3 is 2.57 bits per heavy atom. The van der Waals surface area contributed by atoms with E-state index in [0.717, 1.165) is 0 Å². The molecule has 0 spiro atoms. The molecule has 1 rings (SSSR count). The van der Waals surface area contributed by atoms with Crippen LogP contribution in [0.15, 0.2) is 61.3 Å². The Labute approximate surface area is 129 Å². The quantitative estimate of drug-likeness (QED) is 0.477. The van der Waals surface area contributed by atoms with Gasteiger partial charge < -0.3 is 10.2 Å². The molecule has 5 heteroatoms. The first-order valence-corrected chi connectivity index (χ1v) is 6.63. The summed E-state index contributed by atoms with van der Waals surface area (Å²) in [5.41, 5.74) is 0.695. The molecule has 0 bridgehead atoms. The number of nitrogens with zero attached hydrogens (tertiary/aromatic N) is 2. The molecule has 0 fully saturated rings. The van der Waals surface area contributed by atoms with Gasteiger partial charge in [0.2, 0.25) is 0 Å². The van der Waals surface area contributed by atoms with Gasteiger partial charge in [-0.2, -0.15) is 5.26 Å². The van der Waals surface area contributed by atoms with E-state index >= 15 is 0 Å². The van der Waals surface area contributed by atoms with Crippen LogP contribution in [0.2, 0.25) is 5.02 Å². The van der Waals surface area contributed by atoms with Gasteiger partial charge in [0.05, 0.1) is 0 Å². The number of halogens is 1. The molecule has 0 aliphatic rings. The lowest BCUT2D eigenvalue weighted by molar-refractivity contribution is -0.125. The number of hydrogen-bond acceptors (Lipinski definition) is 3. The highest BCUT2D eigenvalue weighted by Gasteiger charge is 2.15. The predicted octanol–water partition coefficient (Wildman–Crippen LogP) is 3.36. The average molecular weight is 302 g/mol. The van der Waals surface area contributed by atoms with E-state index in [1.807, 2.05) is 6.07 Å². The van der Waals surface area contributed by atoms with Gasteiger partial charge >= 0.3 is 0 Å². The van der Waals surface area contributed by atoms with Crippen LogP contribution in [-0.2, 0) is 4.79 Å². The summed E-state index contributed by atoms with van der Waals surface area (Å²) in [5, 5.41) is 12.6. The van der Waals surface area contributed by atoms with Gasteiger partial charge in [-0.3, -0.25) is 4.79 Å². The van der Waals surface area contributed by atoms with E-state index in [-0.39, 0.29) is 11.5 Å². The van der Waals surface area contributed by atoms with E-state index in [2.05, 4.69) is 18.5 Å². The van der Waals surface area contributed by atoms with Crippen LogP contribution in [0.3, 0.4) is 0 Å². The second kappa shape index (κ2) is 8.62. The Morgan fingerprint density at radius 2 is 2.05 bits per heavy atom. The monoisotopic (exact) mass is 301 g/mol. The molecule has 1 amide bonds. The Morgan fingerprint density at radius 1 is 1.38 bits per heavy atom. The van der Waals surface area contributed by atoms with Crippen molar-refractivity contribution in [2.45, 2.75) is 0 Å². The highest BCUT2D eigenvalue weighted by Crippen LogP contribution is 2.15. The summed E-state index contributed by atoms with van der Waals surface area (Å²) < 4.78 is 0. The largest absolute Gasteiger partial charge is 0.360 e. The molecule has 0 aliphatic carbocycles. The molecule has 0 atom stereocenters. The lowest BCUT2D eigenvalue weighted by Crippen LogP contribution is -2.32. The van der Waals surface area contributed by atoms with E-state index in [9.17, 15) is 4.79 Å². The van der Waals surface area contributed by atoms with Crippen LogP contribution in [0.1, 0.15) is 0 Å². The summed E-state index contributed by atoms with van der Waals surface area (Å²) in [4.78, 5) is 13.7. The van der Waals surface area contributed by atoms with Crippen LogP contribution >= 0.6 is 11.6 Å². The van der Waals surface area contributed by atoms with Gasteiger partial charge in [-0.05, 0) is 18.2 Å². The second-order valence-electron chi connectivity index (χ2n) is 4.11. The van der Waals surface area contributed by atoms with Crippen LogP contribution < -0.4 is 5.32 Å². The zero-order chi connectivity index (χ0) is 15.7. The summed E-state index contributed by atoms with van der Waals surface area (Å²) in [6.07, 6.45) is 4.56. The third kappa shape index (κ3) is 5.17. The van der Waals surface area contributed by atoms with Crippen molar-refractivity contribution in [3.63, 3.8) is 0 Å². The highest BCUT2D eigenvalue weighted by molar-refractivity contribution is 6.30. The van der Waals surface area contributed by atoms with Gasteiger partial charge in [0.1, 0.15) is 11.6 Å². The van der Waals surface area contributed by atoms with Crippen molar-refractivity contribution in [2.75, 3.05) is 18.4 Å². The molecule has 108 valence electrons. The molecule has 1 aromatic carbocycles. The summed E-state index contributed by atoms with van der Waals surface area (Å²) in [5.74, 6) is -0.383. The fourth-order valence-electron chi connectivity index (χ4n) is 1.60. The normalized spacial score (nSPS) is 10.4. The van der Waals surface area contributed by atoms with E-state index in [1.54, 1.807) is 36.4 Å². The maximum Gasteiger partial charge on any atom is 0.266 e. The number of rotatable bonds is 7. The van der Waals surface area contributed by atoms with Crippen LogP contribution in [0, 0.1) is 11.3 Å². The number of nitriles is 1. The van der Waals surface area contributed by atoms with Crippen LogP contribution in [-0.4, -0.2) is 23.9 Å². The minimum Gasteiger partial charge on any atom is -0.360 e.